The second-order valence-electron chi connectivity index (χ2n) is 5.56. The first-order chi connectivity index (χ1) is 9.81. The first-order valence-corrected chi connectivity index (χ1v) is 6.85. The number of aryl methyl sites for hydroxylation is 3. The van der Waals surface area contributed by atoms with Gasteiger partial charge in [0, 0.05) is 39.6 Å². The van der Waals surface area contributed by atoms with Gasteiger partial charge in [0.05, 0.1) is 5.56 Å². The molecule has 0 aliphatic carbocycles. The van der Waals surface area contributed by atoms with Gasteiger partial charge < -0.3 is 9.47 Å². The molecule has 0 amide bonds. The Kier molecular flexibility index (Phi) is 4.02. The van der Waals surface area contributed by atoms with Crippen LogP contribution in [0.5, 0.6) is 0 Å². The fraction of sp³-hybridized carbons (Fsp3) is 0.375. The number of rotatable bonds is 3. The van der Waals surface area contributed by atoms with Crippen molar-refractivity contribution >= 4 is 5.69 Å². The average Bonchev–Trinajstić information content (AvgIpc) is 2.45. The quantitative estimate of drug-likeness (QED) is 0.856. The first-order valence-electron chi connectivity index (χ1n) is 6.85. The maximum atomic E-state index is 12.2. The van der Waals surface area contributed by atoms with Gasteiger partial charge in [-0.15, -0.1) is 0 Å². The number of aromatic nitrogens is 2. The van der Waals surface area contributed by atoms with Crippen LogP contribution >= 0.6 is 0 Å². The van der Waals surface area contributed by atoms with E-state index in [9.17, 15) is 9.59 Å². The Morgan fingerprint density at radius 3 is 2.48 bits per heavy atom. The van der Waals surface area contributed by atoms with Gasteiger partial charge >= 0.3 is 5.69 Å². The summed E-state index contributed by atoms with van der Waals surface area (Å²) >= 11 is 0. The van der Waals surface area contributed by atoms with Crippen molar-refractivity contribution in [3.05, 3.63) is 61.9 Å². The molecule has 5 heteroatoms. The van der Waals surface area contributed by atoms with Gasteiger partial charge in [-0.1, -0.05) is 12.1 Å². The van der Waals surface area contributed by atoms with Crippen LogP contribution in [0.3, 0.4) is 0 Å². The number of benzene rings is 1. The molecule has 1 aromatic carbocycles. The van der Waals surface area contributed by atoms with Gasteiger partial charge in [-0.05, 0) is 31.0 Å². The number of hydrogen-bond donors (Lipinski definition) is 0. The average molecular weight is 287 g/mol. The van der Waals surface area contributed by atoms with Crippen molar-refractivity contribution in [2.75, 3.05) is 11.9 Å². The Labute approximate surface area is 124 Å². The minimum absolute atomic E-state index is 0.241. The van der Waals surface area contributed by atoms with E-state index in [1.807, 2.05) is 25.8 Å². The standard InChI is InChI=1S/C16H21N3O2/c1-11-6-7-12(2)14(8-11)17(3)9-13-10-18(4)16(21)19(5)15(13)20/h6-8,10H,9H2,1-5H3. The molecule has 21 heavy (non-hydrogen) atoms. The van der Waals surface area contributed by atoms with Crippen LogP contribution in [0.15, 0.2) is 34.0 Å². The van der Waals surface area contributed by atoms with Gasteiger partial charge in [0.25, 0.3) is 5.56 Å². The SMILES string of the molecule is Cc1ccc(C)c(N(C)Cc2cn(C)c(=O)n(C)c2=O)c1. The Morgan fingerprint density at radius 1 is 1.14 bits per heavy atom. The number of hydrogen-bond acceptors (Lipinski definition) is 3. The Hall–Kier alpha value is -2.30. The third-order valence-corrected chi connectivity index (χ3v) is 3.70. The minimum Gasteiger partial charge on any atom is -0.370 e. The van der Waals surface area contributed by atoms with Crippen molar-refractivity contribution in [2.45, 2.75) is 20.4 Å². The molecule has 0 spiro atoms. The first kappa shape index (κ1) is 15.1. The fourth-order valence-electron chi connectivity index (χ4n) is 2.46. The van der Waals surface area contributed by atoms with Gasteiger partial charge in [-0.25, -0.2) is 4.79 Å². The summed E-state index contributed by atoms with van der Waals surface area (Å²) in [5.74, 6) is 0. The highest BCUT2D eigenvalue weighted by atomic mass is 16.2. The molecular weight excluding hydrogens is 266 g/mol. The third kappa shape index (κ3) is 2.91. The molecule has 0 saturated heterocycles. The van der Waals surface area contributed by atoms with Crippen molar-refractivity contribution in [2.24, 2.45) is 14.1 Å². The van der Waals surface area contributed by atoms with E-state index < -0.39 is 0 Å². The highest BCUT2D eigenvalue weighted by molar-refractivity contribution is 5.54. The van der Waals surface area contributed by atoms with Crippen molar-refractivity contribution in [3.63, 3.8) is 0 Å². The van der Waals surface area contributed by atoms with Crippen LogP contribution in [0.1, 0.15) is 16.7 Å². The summed E-state index contributed by atoms with van der Waals surface area (Å²) in [6.07, 6.45) is 1.62. The molecule has 0 bridgehead atoms. The Balaban J connectivity index is 2.41. The van der Waals surface area contributed by atoms with Crippen LogP contribution in [0.2, 0.25) is 0 Å². The van der Waals surface area contributed by atoms with E-state index in [2.05, 4.69) is 18.2 Å². The van der Waals surface area contributed by atoms with E-state index in [4.69, 9.17) is 0 Å². The smallest absolute Gasteiger partial charge is 0.330 e. The molecule has 112 valence electrons. The summed E-state index contributed by atoms with van der Waals surface area (Å²) in [7, 11) is 5.11. The maximum Gasteiger partial charge on any atom is 0.330 e. The normalized spacial score (nSPS) is 10.7. The van der Waals surface area contributed by atoms with Crippen LogP contribution in [-0.4, -0.2) is 16.2 Å². The molecular formula is C16H21N3O2. The molecule has 0 aliphatic rings. The lowest BCUT2D eigenvalue weighted by molar-refractivity contribution is 0.664. The Morgan fingerprint density at radius 2 is 1.81 bits per heavy atom. The monoisotopic (exact) mass is 287 g/mol. The van der Waals surface area contributed by atoms with Crippen LogP contribution in [0.25, 0.3) is 0 Å². The number of nitrogens with zero attached hydrogens (tertiary/aromatic N) is 3. The van der Waals surface area contributed by atoms with E-state index in [1.54, 1.807) is 13.2 Å². The van der Waals surface area contributed by atoms with Crippen molar-refractivity contribution in [1.82, 2.24) is 9.13 Å². The zero-order chi connectivity index (χ0) is 15.7. The van der Waals surface area contributed by atoms with Gasteiger partial charge in [-0.2, -0.15) is 0 Å². The minimum atomic E-state index is -0.307. The largest absolute Gasteiger partial charge is 0.370 e. The summed E-state index contributed by atoms with van der Waals surface area (Å²) in [5, 5.41) is 0. The lowest BCUT2D eigenvalue weighted by Crippen LogP contribution is -2.39. The van der Waals surface area contributed by atoms with E-state index >= 15 is 0 Å². The third-order valence-electron chi connectivity index (χ3n) is 3.70. The topological polar surface area (TPSA) is 47.2 Å². The molecule has 0 saturated carbocycles. The summed E-state index contributed by atoms with van der Waals surface area (Å²) in [4.78, 5) is 25.9. The molecule has 0 N–H and O–H groups in total. The summed E-state index contributed by atoms with van der Waals surface area (Å²) in [6, 6.07) is 6.24. The molecule has 1 heterocycles. The molecule has 0 atom stereocenters. The van der Waals surface area contributed by atoms with E-state index in [0.717, 1.165) is 15.8 Å². The fourth-order valence-corrected chi connectivity index (χ4v) is 2.46. The predicted octanol–water partition coefficient (Wildman–Crippen LogP) is 1.34. The molecule has 1 aromatic heterocycles. The maximum absolute atomic E-state index is 12.2. The predicted molar refractivity (Wildman–Crippen MR) is 84.9 cm³/mol. The molecule has 0 unspecified atom stereocenters. The van der Waals surface area contributed by atoms with Gasteiger partial charge in [0.2, 0.25) is 0 Å². The molecule has 0 fully saturated rings. The molecule has 0 aliphatic heterocycles. The van der Waals surface area contributed by atoms with E-state index in [-0.39, 0.29) is 11.2 Å². The molecule has 0 radical (unpaired) electrons. The van der Waals surface area contributed by atoms with Crippen molar-refractivity contribution in [1.29, 1.82) is 0 Å². The van der Waals surface area contributed by atoms with Crippen LogP contribution in [0.4, 0.5) is 5.69 Å². The van der Waals surface area contributed by atoms with Gasteiger partial charge in [0.1, 0.15) is 0 Å². The lowest BCUT2D eigenvalue weighted by Gasteiger charge is -2.22. The van der Waals surface area contributed by atoms with Crippen LogP contribution in [0, 0.1) is 13.8 Å². The highest BCUT2D eigenvalue weighted by Gasteiger charge is 2.11. The zero-order valence-corrected chi connectivity index (χ0v) is 13.2. The van der Waals surface area contributed by atoms with Crippen molar-refractivity contribution < 1.29 is 0 Å². The molecule has 5 nitrogen and oxygen atoms in total. The highest BCUT2D eigenvalue weighted by Crippen LogP contribution is 2.21. The lowest BCUT2D eigenvalue weighted by atomic mass is 10.1. The van der Waals surface area contributed by atoms with E-state index in [0.29, 0.717) is 12.1 Å². The van der Waals surface area contributed by atoms with Crippen molar-refractivity contribution in [3.8, 4) is 0 Å². The van der Waals surface area contributed by atoms with E-state index in [1.165, 1.54) is 17.2 Å². The van der Waals surface area contributed by atoms with Gasteiger partial charge in [-0.3, -0.25) is 9.36 Å². The molecule has 2 aromatic rings. The second kappa shape index (κ2) is 5.60. The second-order valence-corrected chi connectivity index (χ2v) is 5.56. The summed E-state index contributed by atoms with van der Waals surface area (Å²) < 4.78 is 2.58. The number of anilines is 1. The zero-order valence-electron chi connectivity index (χ0n) is 13.2. The Bertz CT molecular complexity index is 787. The molecule has 2 rings (SSSR count). The van der Waals surface area contributed by atoms with Crippen LogP contribution < -0.4 is 16.1 Å². The summed E-state index contributed by atoms with van der Waals surface area (Å²) in [6.45, 7) is 4.55. The summed E-state index contributed by atoms with van der Waals surface area (Å²) in [5.41, 5.74) is 3.47. The van der Waals surface area contributed by atoms with Crippen LogP contribution in [-0.2, 0) is 20.6 Å². The van der Waals surface area contributed by atoms with Gasteiger partial charge in [0.15, 0.2) is 0 Å².